The summed E-state index contributed by atoms with van der Waals surface area (Å²) in [5.41, 5.74) is 0.642. The van der Waals surface area contributed by atoms with Crippen molar-refractivity contribution in [3.05, 3.63) is 29.8 Å². The molecule has 1 unspecified atom stereocenters. The summed E-state index contributed by atoms with van der Waals surface area (Å²) in [7, 11) is 1.66. The zero-order valence-corrected chi connectivity index (χ0v) is 13.5. The number of hydrogen-bond donors (Lipinski definition) is 1. The van der Waals surface area contributed by atoms with Crippen molar-refractivity contribution in [2.45, 2.75) is 52.2 Å². The average Bonchev–Trinajstić information content (AvgIpc) is 2.52. The van der Waals surface area contributed by atoms with Gasteiger partial charge in [0.05, 0.1) is 12.6 Å². The third-order valence-electron chi connectivity index (χ3n) is 4.56. The maximum absolute atomic E-state index is 11.1. The number of methoxy groups -OCH3 is 1. The van der Waals surface area contributed by atoms with Gasteiger partial charge < -0.3 is 9.84 Å². The minimum atomic E-state index is -0.548. The van der Waals surface area contributed by atoms with Gasteiger partial charge in [0.2, 0.25) is 0 Å². The maximum Gasteiger partial charge on any atom is 0.124 e. The summed E-state index contributed by atoms with van der Waals surface area (Å²) >= 11 is 0. The van der Waals surface area contributed by atoms with Gasteiger partial charge in [-0.25, -0.2) is 0 Å². The third kappa shape index (κ3) is 2.99. The summed E-state index contributed by atoms with van der Waals surface area (Å²) in [6.45, 7) is 10.5. The highest BCUT2D eigenvalue weighted by Gasteiger charge is 2.40. The van der Waals surface area contributed by atoms with Gasteiger partial charge in [0.25, 0.3) is 0 Å². The summed E-state index contributed by atoms with van der Waals surface area (Å²) in [6, 6.07) is 7.77. The molecule has 3 heteroatoms. The van der Waals surface area contributed by atoms with Crippen LogP contribution in [-0.4, -0.2) is 35.7 Å². The number of aliphatic hydroxyl groups excluding tert-OH is 1. The van der Waals surface area contributed by atoms with Crippen LogP contribution in [0.3, 0.4) is 0 Å². The van der Waals surface area contributed by atoms with Crippen LogP contribution in [0.4, 0.5) is 0 Å². The van der Waals surface area contributed by atoms with E-state index in [4.69, 9.17) is 4.74 Å². The zero-order valence-electron chi connectivity index (χ0n) is 13.5. The van der Waals surface area contributed by atoms with Gasteiger partial charge in [-0.05, 0) is 32.0 Å². The fraction of sp³-hybridized carbons (Fsp3) is 0.647. The number of para-hydroxylation sites is 1. The lowest BCUT2D eigenvalue weighted by molar-refractivity contribution is -0.0375. The van der Waals surface area contributed by atoms with E-state index >= 15 is 0 Å². The van der Waals surface area contributed by atoms with E-state index in [0.717, 1.165) is 37.2 Å². The highest BCUT2D eigenvalue weighted by Crippen LogP contribution is 2.40. The number of likely N-dealkylation sites (N-methyl/N-ethyl adjacent to an activating group) is 1. The fourth-order valence-corrected chi connectivity index (χ4v) is 3.29. The van der Waals surface area contributed by atoms with E-state index in [2.05, 4.69) is 32.6 Å². The first-order valence-electron chi connectivity index (χ1n) is 7.67. The number of rotatable bonds is 8. The smallest absolute Gasteiger partial charge is 0.124 e. The molecule has 0 saturated heterocycles. The molecule has 0 aliphatic rings. The average molecular weight is 279 g/mol. The lowest BCUT2D eigenvalue weighted by Gasteiger charge is -2.46. The summed E-state index contributed by atoms with van der Waals surface area (Å²) in [4.78, 5) is 2.37. The van der Waals surface area contributed by atoms with Crippen LogP contribution in [0, 0.1) is 0 Å². The van der Waals surface area contributed by atoms with Crippen LogP contribution < -0.4 is 4.74 Å². The molecule has 114 valence electrons. The van der Waals surface area contributed by atoms with Gasteiger partial charge in [-0.15, -0.1) is 0 Å². The topological polar surface area (TPSA) is 32.7 Å². The number of ether oxygens (including phenoxy) is 1. The van der Waals surface area contributed by atoms with Gasteiger partial charge in [-0.1, -0.05) is 45.9 Å². The molecule has 0 spiro atoms. The molecule has 1 rings (SSSR count). The molecule has 0 radical (unpaired) electrons. The van der Waals surface area contributed by atoms with E-state index in [0.29, 0.717) is 0 Å². The molecule has 1 aromatic carbocycles. The maximum atomic E-state index is 11.1. The van der Waals surface area contributed by atoms with E-state index in [9.17, 15) is 5.11 Å². The largest absolute Gasteiger partial charge is 0.496 e. The lowest BCUT2D eigenvalue weighted by Crippen LogP contribution is -2.52. The fourth-order valence-electron chi connectivity index (χ4n) is 3.29. The molecule has 0 amide bonds. The van der Waals surface area contributed by atoms with Gasteiger partial charge in [0.15, 0.2) is 0 Å². The van der Waals surface area contributed by atoms with E-state index < -0.39 is 6.10 Å². The van der Waals surface area contributed by atoms with Crippen LogP contribution in [-0.2, 0) is 0 Å². The summed E-state index contributed by atoms with van der Waals surface area (Å²) in [5.74, 6) is 0.762. The summed E-state index contributed by atoms with van der Waals surface area (Å²) in [6.07, 6.45) is 1.27. The molecule has 1 aromatic rings. The molecular weight excluding hydrogens is 250 g/mol. The molecule has 0 heterocycles. The van der Waals surface area contributed by atoms with Crippen LogP contribution in [0.1, 0.15) is 52.2 Å². The van der Waals surface area contributed by atoms with Crippen molar-refractivity contribution in [3.8, 4) is 5.75 Å². The summed E-state index contributed by atoms with van der Waals surface area (Å²) < 4.78 is 5.42. The van der Waals surface area contributed by atoms with Crippen LogP contribution in [0.15, 0.2) is 24.3 Å². The second-order valence-corrected chi connectivity index (χ2v) is 5.13. The molecule has 3 nitrogen and oxygen atoms in total. The predicted octanol–water partition coefficient (Wildman–Crippen LogP) is 3.63. The van der Waals surface area contributed by atoms with Gasteiger partial charge >= 0.3 is 0 Å². The van der Waals surface area contributed by atoms with Crippen molar-refractivity contribution in [1.82, 2.24) is 4.90 Å². The Morgan fingerprint density at radius 2 is 1.65 bits per heavy atom. The molecule has 20 heavy (non-hydrogen) atoms. The van der Waals surface area contributed by atoms with Gasteiger partial charge in [0, 0.05) is 5.56 Å². The Balaban J connectivity index is 3.26. The Morgan fingerprint density at radius 3 is 2.10 bits per heavy atom. The van der Waals surface area contributed by atoms with Crippen LogP contribution in [0.2, 0.25) is 0 Å². The Bertz CT molecular complexity index is 398. The van der Waals surface area contributed by atoms with Crippen molar-refractivity contribution in [3.63, 3.8) is 0 Å². The van der Waals surface area contributed by atoms with Crippen LogP contribution in [0.5, 0.6) is 5.75 Å². The quantitative estimate of drug-likeness (QED) is 0.788. The normalized spacial score (nSPS) is 13.6. The van der Waals surface area contributed by atoms with Crippen molar-refractivity contribution in [1.29, 1.82) is 0 Å². The van der Waals surface area contributed by atoms with Crippen molar-refractivity contribution >= 4 is 0 Å². The first-order chi connectivity index (χ1) is 9.61. The molecule has 0 bridgehead atoms. The van der Waals surface area contributed by atoms with Crippen LogP contribution in [0.25, 0.3) is 0 Å². The second-order valence-electron chi connectivity index (χ2n) is 5.13. The lowest BCUT2D eigenvalue weighted by atomic mass is 9.80. The van der Waals surface area contributed by atoms with E-state index in [1.165, 1.54) is 0 Å². The standard InChI is InChI=1S/C17H29NO2/c1-6-17(7-2,18(8-3)9-4)16(19)14-12-10-11-13-15(14)20-5/h10-13,16,19H,6-9H2,1-5H3. The van der Waals surface area contributed by atoms with Gasteiger partial charge in [-0.3, -0.25) is 4.90 Å². The SMILES string of the molecule is CCN(CC)C(CC)(CC)C(O)c1ccccc1OC. The number of benzene rings is 1. The van der Waals surface area contributed by atoms with Gasteiger partial charge in [0.1, 0.15) is 11.9 Å². The van der Waals surface area contributed by atoms with Gasteiger partial charge in [-0.2, -0.15) is 0 Å². The molecule has 0 saturated carbocycles. The number of hydrogen-bond acceptors (Lipinski definition) is 3. The Hall–Kier alpha value is -1.06. The predicted molar refractivity (Wildman–Crippen MR) is 84.2 cm³/mol. The highest BCUT2D eigenvalue weighted by atomic mass is 16.5. The molecular formula is C17H29NO2. The zero-order chi connectivity index (χ0) is 15.2. The number of aliphatic hydroxyl groups is 1. The Labute approximate surface area is 123 Å². The molecule has 1 atom stereocenters. The number of nitrogens with zero attached hydrogens (tertiary/aromatic N) is 1. The monoisotopic (exact) mass is 279 g/mol. The first kappa shape index (κ1) is 17.0. The molecule has 0 fully saturated rings. The Morgan fingerprint density at radius 1 is 1.10 bits per heavy atom. The first-order valence-corrected chi connectivity index (χ1v) is 7.67. The highest BCUT2D eigenvalue weighted by molar-refractivity contribution is 5.37. The molecule has 1 N–H and O–H groups in total. The minimum absolute atomic E-state index is 0.238. The third-order valence-corrected chi connectivity index (χ3v) is 4.56. The molecule has 0 aliphatic carbocycles. The van der Waals surface area contributed by atoms with Crippen molar-refractivity contribution in [2.75, 3.05) is 20.2 Å². The van der Waals surface area contributed by atoms with E-state index in [1.54, 1.807) is 7.11 Å². The van der Waals surface area contributed by atoms with Crippen LogP contribution >= 0.6 is 0 Å². The van der Waals surface area contributed by atoms with E-state index in [1.807, 2.05) is 24.3 Å². The minimum Gasteiger partial charge on any atom is -0.496 e. The van der Waals surface area contributed by atoms with Crippen molar-refractivity contribution in [2.24, 2.45) is 0 Å². The van der Waals surface area contributed by atoms with Crippen molar-refractivity contribution < 1.29 is 9.84 Å². The molecule has 0 aromatic heterocycles. The Kier molecular flexibility index (Phi) is 6.50. The molecule has 0 aliphatic heterocycles. The van der Waals surface area contributed by atoms with E-state index in [-0.39, 0.29) is 5.54 Å². The second kappa shape index (κ2) is 7.65. The summed E-state index contributed by atoms with van der Waals surface area (Å²) in [5, 5.41) is 11.1.